The largest absolute Gasteiger partial charge is 0.355 e. The Bertz CT molecular complexity index is 821. The minimum atomic E-state index is -0.256. The van der Waals surface area contributed by atoms with E-state index in [1.807, 2.05) is 60.7 Å². The molecule has 5 heteroatoms. The highest BCUT2D eigenvalue weighted by atomic mass is 79.9. The van der Waals surface area contributed by atoms with Gasteiger partial charge in [0, 0.05) is 22.0 Å². The third-order valence-corrected chi connectivity index (χ3v) is 3.87. The lowest BCUT2D eigenvalue weighted by atomic mass is 10.2. The zero-order valence-corrected chi connectivity index (χ0v) is 13.7. The maximum atomic E-state index is 12.3. The van der Waals surface area contributed by atoms with Crippen molar-refractivity contribution in [3.05, 3.63) is 83.1 Å². The number of halogens is 1. The molecule has 0 unspecified atom stereocenters. The van der Waals surface area contributed by atoms with Crippen LogP contribution in [0.5, 0.6) is 0 Å². The first-order valence-electron chi connectivity index (χ1n) is 7.06. The first-order chi connectivity index (χ1) is 11.2. The molecule has 0 fully saturated rings. The number of nitrogens with zero attached hydrogens (tertiary/aromatic N) is 1. The highest BCUT2D eigenvalue weighted by Crippen LogP contribution is 2.22. The van der Waals surface area contributed by atoms with E-state index >= 15 is 0 Å². The van der Waals surface area contributed by atoms with Crippen LogP contribution in [-0.2, 0) is 0 Å². The summed E-state index contributed by atoms with van der Waals surface area (Å²) in [6.45, 7) is 0. The molecule has 0 spiro atoms. The summed E-state index contributed by atoms with van der Waals surface area (Å²) >= 11 is 3.41. The van der Waals surface area contributed by atoms with E-state index in [0.29, 0.717) is 11.4 Å². The van der Waals surface area contributed by atoms with E-state index in [1.165, 1.54) is 0 Å². The van der Waals surface area contributed by atoms with Crippen LogP contribution in [0.25, 0.3) is 0 Å². The molecule has 114 valence electrons. The molecule has 3 aromatic rings. The van der Waals surface area contributed by atoms with Crippen molar-refractivity contribution in [2.45, 2.75) is 0 Å². The van der Waals surface area contributed by atoms with Crippen LogP contribution in [0.1, 0.15) is 10.5 Å². The number of para-hydroxylation sites is 2. The van der Waals surface area contributed by atoms with E-state index in [1.54, 1.807) is 12.3 Å². The Balaban J connectivity index is 1.77. The Labute approximate surface area is 142 Å². The van der Waals surface area contributed by atoms with Gasteiger partial charge in [0.15, 0.2) is 0 Å². The van der Waals surface area contributed by atoms with Crippen molar-refractivity contribution in [1.29, 1.82) is 0 Å². The number of rotatable bonds is 4. The first-order valence-corrected chi connectivity index (χ1v) is 7.86. The van der Waals surface area contributed by atoms with Gasteiger partial charge in [0.05, 0.1) is 5.69 Å². The normalized spacial score (nSPS) is 10.1. The predicted octanol–water partition coefficient (Wildman–Crippen LogP) is 4.84. The molecule has 0 atom stereocenters. The van der Waals surface area contributed by atoms with E-state index in [0.717, 1.165) is 15.8 Å². The van der Waals surface area contributed by atoms with E-state index in [4.69, 9.17) is 0 Å². The van der Waals surface area contributed by atoms with Gasteiger partial charge in [-0.25, -0.2) is 0 Å². The topological polar surface area (TPSA) is 54.0 Å². The Kier molecular flexibility index (Phi) is 4.68. The number of amides is 1. The number of hydrogen-bond acceptors (Lipinski definition) is 3. The second kappa shape index (κ2) is 7.07. The standard InChI is InChI=1S/C18H14BrN3O/c19-15-8-4-5-9-16(15)22-18(23)17-12-14(10-11-20-17)21-13-6-2-1-3-7-13/h1-12H,(H,20,21)(H,22,23). The minimum Gasteiger partial charge on any atom is -0.355 e. The average molecular weight is 368 g/mol. The Morgan fingerprint density at radius 3 is 2.43 bits per heavy atom. The number of hydrogen-bond donors (Lipinski definition) is 2. The molecule has 0 saturated heterocycles. The molecular weight excluding hydrogens is 354 g/mol. The van der Waals surface area contributed by atoms with Crippen molar-refractivity contribution in [1.82, 2.24) is 4.98 Å². The number of nitrogens with one attached hydrogen (secondary N) is 2. The molecule has 1 aromatic heterocycles. The Hall–Kier alpha value is -2.66. The van der Waals surface area contributed by atoms with Crippen LogP contribution in [0.2, 0.25) is 0 Å². The van der Waals surface area contributed by atoms with Gasteiger partial charge < -0.3 is 10.6 Å². The van der Waals surface area contributed by atoms with E-state index in [9.17, 15) is 4.79 Å². The molecule has 3 rings (SSSR count). The van der Waals surface area contributed by atoms with Gasteiger partial charge in [-0.2, -0.15) is 0 Å². The van der Waals surface area contributed by atoms with Crippen LogP contribution >= 0.6 is 15.9 Å². The fourth-order valence-electron chi connectivity index (χ4n) is 2.07. The molecule has 0 saturated carbocycles. The maximum absolute atomic E-state index is 12.3. The van der Waals surface area contributed by atoms with Crippen LogP contribution in [0, 0.1) is 0 Å². The van der Waals surface area contributed by atoms with Crippen molar-refractivity contribution >= 4 is 38.9 Å². The molecule has 0 aliphatic carbocycles. The Morgan fingerprint density at radius 1 is 0.913 bits per heavy atom. The number of benzene rings is 2. The second-order valence-electron chi connectivity index (χ2n) is 4.85. The van der Waals surface area contributed by atoms with Gasteiger partial charge >= 0.3 is 0 Å². The zero-order valence-electron chi connectivity index (χ0n) is 12.2. The number of aromatic nitrogens is 1. The van der Waals surface area contributed by atoms with Gasteiger partial charge in [-0.1, -0.05) is 30.3 Å². The van der Waals surface area contributed by atoms with Crippen LogP contribution in [0.3, 0.4) is 0 Å². The number of carbonyl (C=O) groups excluding carboxylic acids is 1. The lowest BCUT2D eigenvalue weighted by Crippen LogP contribution is -2.14. The molecule has 1 heterocycles. The molecule has 0 radical (unpaired) electrons. The monoisotopic (exact) mass is 367 g/mol. The zero-order chi connectivity index (χ0) is 16.1. The summed E-state index contributed by atoms with van der Waals surface area (Å²) in [5, 5.41) is 6.09. The molecular formula is C18H14BrN3O. The van der Waals surface area contributed by atoms with E-state index in [2.05, 4.69) is 31.5 Å². The van der Waals surface area contributed by atoms with Crippen LogP contribution < -0.4 is 10.6 Å². The quantitative estimate of drug-likeness (QED) is 0.693. The fourth-order valence-corrected chi connectivity index (χ4v) is 2.45. The summed E-state index contributed by atoms with van der Waals surface area (Å²) in [4.78, 5) is 16.5. The Morgan fingerprint density at radius 2 is 1.65 bits per heavy atom. The first kappa shape index (κ1) is 15.2. The van der Waals surface area contributed by atoms with Crippen molar-refractivity contribution in [2.24, 2.45) is 0 Å². The molecule has 1 amide bonds. The summed E-state index contributed by atoms with van der Waals surface area (Å²) in [5.41, 5.74) is 2.82. The van der Waals surface area contributed by atoms with Gasteiger partial charge in [-0.15, -0.1) is 0 Å². The molecule has 2 N–H and O–H groups in total. The molecule has 0 bridgehead atoms. The molecule has 0 aliphatic heterocycles. The summed E-state index contributed by atoms with van der Waals surface area (Å²) in [5.74, 6) is -0.256. The highest BCUT2D eigenvalue weighted by molar-refractivity contribution is 9.10. The fraction of sp³-hybridized carbons (Fsp3) is 0. The molecule has 0 aliphatic rings. The van der Waals surface area contributed by atoms with Gasteiger partial charge in [0.25, 0.3) is 5.91 Å². The highest BCUT2D eigenvalue weighted by Gasteiger charge is 2.10. The van der Waals surface area contributed by atoms with Crippen molar-refractivity contribution < 1.29 is 4.79 Å². The molecule has 4 nitrogen and oxygen atoms in total. The summed E-state index contributed by atoms with van der Waals surface area (Å²) in [6.07, 6.45) is 1.61. The lowest BCUT2D eigenvalue weighted by Gasteiger charge is -2.09. The SMILES string of the molecule is O=C(Nc1ccccc1Br)c1cc(Nc2ccccc2)ccn1. The van der Waals surface area contributed by atoms with E-state index in [-0.39, 0.29) is 5.91 Å². The van der Waals surface area contributed by atoms with Gasteiger partial charge in [-0.05, 0) is 52.3 Å². The lowest BCUT2D eigenvalue weighted by molar-refractivity contribution is 0.102. The smallest absolute Gasteiger partial charge is 0.274 e. The van der Waals surface area contributed by atoms with Crippen LogP contribution in [0.4, 0.5) is 17.1 Å². The summed E-state index contributed by atoms with van der Waals surface area (Å²) < 4.78 is 0.826. The third-order valence-electron chi connectivity index (χ3n) is 3.18. The van der Waals surface area contributed by atoms with Gasteiger partial charge in [-0.3, -0.25) is 9.78 Å². The van der Waals surface area contributed by atoms with E-state index < -0.39 is 0 Å². The summed E-state index contributed by atoms with van der Waals surface area (Å²) in [6, 6.07) is 20.8. The number of carbonyl (C=O) groups is 1. The average Bonchev–Trinajstić information content (AvgIpc) is 2.58. The third kappa shape index (κ3) is 3.96. The van der Waals surface area contributed by atoms with Crippen molar-refractivity contribution in [3.63, 3.8) is 0 Å². The molecule has 2 aromatic carbocycles. The second-order valence-corrected chi connectivity index (χ2v) is 5.71. The van der Waals surface area contributed by atoms with Crippen LogP contribution in [0.15, 0.2) is 77.4 Å². The molecule has 23 heavy (non-hydrogen) atoms. The number of pyridine rings is 1. The van der Waals surface area contributed by atoms with Gasteiger partial charge in [0.1, 0.15) is 5.69 Å². The van der Waals surface area contributed by atoms with Gasteiger partial charge in [0.2, 0.25) is 0 Å². The minimum absolute atomic E-state index is 0.256. The summed E-state index contributed by atoms with van der Waals surface area (Å²) in [7, 11) is 0. The van der Waals surface area contributed by atoms with Crippen LogP contribution in [-0.4, -0.2) is 10.9 Å². The van der Waals surface area contributed by atoms with Crippen molar-refractivity contribution in [2.75, 3.05) is 10.6 Å². The number of anilines is 3. The van der Waals surface area contributed by atoms with Crippen molar-refractivity contribution in [3.8, 4) is 0 Å². The predicted molar refractivity (Wildman–Crippen MR) is 96.1 cm³/mol. The maximum Gasteiger partial charge on any atom is 0.274 e.